The first-order chi connectivity index (χ1) is 5.50. The molecule has 0 rings (SSSR count). The van der Waals surface area contributed by atoms with Crippen molar-refractivity contribution < 1.29 is 17.2 Å². The summed E-state index contributed by atoms with van der Waals surface area (Å²) in [6, 6.07) is 0. The molecule has 0 aliphatic rings. The zero-order valence-corrected chi connectivity index (χ0v) is 7.62. The van der Waals surface area contributed by atoms with Gasteiger partial charge in [0.25, 0.3) is 0 Å². The highest BCUT2D eigenvalue weighted by molar-refractivity contribution is 7.91. The molecule has 0 N–H and O–H groups in total. The van der Waals surface area contributed by atoms with E-state index in [4.69, 9.17) is 0 Å². The molecular formula is C7H13F2O2S. The van der Waals surface area contributed by atoms with Crippen molar-refractivity contribution in [2.24, 2.45) is 0 Å². The Kier molecular flexibility index (Phi) is 5.37. The Bertz CT molecular complexity index is 199. The summed E-state index contributed by atoms with van der Waals surface area (Å²) in [5.74, 6) is -3.64. The van der Waals surface area contributed by atoms with Gasteiger partial charge in [0, 0.05) is 0 Å². The molecule has 0 aliphatic carbocycles. The van der Waals surface area contributed by atoms with Gasteiger partial charge in [-0.25, -0.2) is 8.42 Å². The second kappa shape index (κ2) is 5.45. The molecule has 73 valence electrons. The Morgan fingerprint density at radius 3 is 2.17 bits per heavy atom. The van der Waals surface area contributed by atoms with Crippen molar-refractivity contribution in [1.82, 2.24) is 0 Å². The summed E-state index contributed by atoms with van der Waals surface area (Å²) in [5.41, 5.74) is 0. The summed E-state index contributed by atoms with van der Waals surface area (Å²) in [6.07, 6.45) is 2.46. The molecule has 0 amide bonds. The molecule has 0 fully saturated rings. The first-order valence-corrected chi connectivity index (χ1v) is 5.51. The maximum absolute atomic E-state index is 11.7. The smallest absolute Gasteiger partial charge is 0.223 e. The largest absolute Gasteiger partial charge is 0.336 e. The summed E-state index contributed by atoms with van der Waals surface area (Å²) in [5, 5.41) is 0. The molecule has 0 bridgehead atoms. The minimum atomic E-state index is -4.13. The quantitative estimate of drug-likeness (QED) is 0.613. The molecule has 2 nitrogen and oxygen atoms in total. The number of hydrogen-bond acceptors (Lipinski definition) is 2. The first-order valence-electron chi connectivity index (χ1n) is 3.79. The molecule has 0 unspecified atom stereocenters. The van der Waals surface area contributed by atoms with Crippen LogP contribution in [0.4, 0.5) is 8.78 Å². The predicted molar refractivity (Wildman–Crippen MR) is 43.6 cm³/mol. The van der Waals surface area contributed by atoms with Gasteiger partial charge >= 0.3 is 5.76 Å². The molecule has 12 heavy (non-hydrogen) atoms. The molecule has 0 saturated heterocycles. The van der Waals surface area contributed by atoms with Crippen molar-refractivity contribution in [2.45, 2.75) is 31.4 Å². The van der Waals surface area contributed by atoms with Gasteiger partial charge in [0.2, 0.25) is 9.84 Å². The highest BCUT2D eigenvalue weighted by Gasteiger charge is 2.22. The molecule has 0 saturated carbocycles. The lowest BCUT2D eigenvalue weighted by Crippen LogP contribution is -2.15. The Hall–Kier alpha value is -0.190. The van der Waals surface area contributed by atoms with Crippen molar-refractivity contribution in [3.8, 4) is 0 Å². The van der Waals surface area contributed by atoms with E-state index in [-0.39, 0.29) is 0 Å². The van der Waals surface area contributed by atoms with Crippen molar-refractivity contribution in [1.29, 1.82) is 0 Å². The van der Waals surface area contributed by atoms with Gasteiger partial charge in [-0.05, 0) is 6.42 Å². The van der Waals surface area contributed by atoms with Gasteiger partial charge in [0.1, 0.15) is 0 Å². The van der Waals surface area contributed by atoms with E-state index < -0.39 is 21.3 Å². The van der Waals surface area contributed by atoms with E-state index in [9.17, 15) is 17.2 Å². The number of alkyl halides is 2. The summed E-state index contributed by atoms with van der Waals surface area (Å²) in [6.45, 7) is 3.56. The Labute approximate surface area is 71.9 Å². The van der Waals surface area contributed by atoms with Crippen LogP contribution in [0.25, 0.3) is 0 Å². The fourth-order valence-electron chi connectivity index (χ4n) is 0.746. The van der Waals surface area contributed by atoms with E-state index in [1.807, 2.05) is 0 Å². The normalized spacial score (nSPS) is 12.3. The lowest BCUT2D eigenvalue weighted by atomic mass is 10.2. The van der Waals surface area contributed by atoms with Crippen molar-refractivity contribution in [3.63, 3.8) is 0 Å². The highest BCUT2D eigenvalue weighted by Crippen LogP contribution is 2.09. The Morgan fingerprint density at radius 1 is 1.17 bits per heavy atom. The van der Waals surface area contributed by atoms with Crippen LogP contribution in [0.2, 0.25) is 0 Å². The van der Waals surface area contributed by atoms with E-state index in [1.165, 1.54) is 0 Å². The van der Waals surface area contributed by atoms with Crippen LogP contribution in [0.1, 0.15) is 25.7 Å². The second-order valence-electron chi connectivity index (χ2n) is 2.54. The lowest BCUT2D eigenvalue weighted by Gasteiger charge is -2.01. The maximum atomic E-state index is 11.7. The third-order valence-electron chi connectivity index (χ3n) is 1.45. The first kappa shape index (κ1) is 11.8. The predicted octanol–water partition coefficient (Wildman–Crippen LogP) is 2.02. The summed E-state index contributed by atoms with van der Waals surface area (Å²) in [7, 11) is -4.13. The Morgan fingerprint density at radius 2 is 1.75 bits per heavy atom. The maximum Gasteiger partial charge on any atom is 0.336 e. The molecule has 0 aromatic heterocycles. The average molecular weight is 199 g/mol. The minimum absolute atomic E-state index is 0.308. The monoisotopic (exact) mass is 199 g/mol. The summed E-state index contributed by atoms with van der Waals surface area (Å²) in [4.78, 5) is 0. The zero-order valence-electron chi connectivity index (χ0n) is 6.80. The molecule has 0 aliphatic heterocycles. The number of unbranched alkanes of at least 4 members (excludes halogenated alkanes) is 3. The Balaban J connectivity index is 3.63. The van der Waals surface area contributed by atoms with Crippen molar-refractivity contribution in [3.05, 3.63) is 6.92 Å². The van der Waals surface area contributed by atoms with Crippen molar-refractivity contribution in [2.75, 3.05) is 5.75 Å². The van der Waals surface area contributed by atoms with Crippen LogP contribution in [-0.4, -0.2) is 19.9 Å². The van der Waals surface area contributed by atoms with Crippen LogP contribution in [0.3, 0.4) is 0 Å². The van der Waals surface area contributed by atoms with Crippen LogP contribution < -0.4 is 0 Å². The van der Waals surface area contributed by atoms with Gasteiger partial charge in [-0.1, -0.05) is 26.2 Å². The van der Waals surface area contributed by atoms with Gasteiger partial charge in [0.15, 0.2) is 0 Å². The molecular weight excluding hydrogens is 186 g/mol. The number of halogens is 2. The van der Waals surface area contributed by atoms with Gasteiger partial charge in [-0.15, -0.1) is 0 Å². The second-order valence-corrected chi connectivity index (χ2v) is 4.63. The topological polar surface area (TPSA) is 34.1 Å². The standard InChI is InChI=1S/C7H13F2O2S/c1-2-3-4-5-6-12(10,11)7(8)9/h7H,1-6H2. The van der Waals surface area contributed by atoms with Crippen LogP contribution in [-0.2, 0) is 9.84 Å². The van der Waals surface area contributed by atoms with Gasteiger partial charge < -0.3 is 0 Å². The van der Waals surface area contributed by atoms with Gasteiger partial charge in [-0.2, -0.15) is 8.78 Å². The van der Waals surface area contributed by atoms with E-state index >= 15 is 0 Å². The number of sulfone groups is 1. The van der Waals surface area contributed by atoms with E-state index in [0.717, 1.165) is 6.42 Å². The number of hydrogen-bond donors (Lipinski definition) is 0. The fourth-order valence-corrected chi connectivity index (χ4v) is 1.53. The molecule has 5 heteroatoms. The highest BCUT2D eigenvalue weighted by atomic mass is 32.2. The van der Waals surface area contributed by atoms with E-state index in [1.54, 1.807) is 0 Å². The third kappa shape index (κ3) is 4.64. The molecule has 0 spiro atoms. The molecule has 0 aromatic carbocycles. The molecule has 1 radical (unpaired) electrons. The SMILES string of the molecule is [CH2]CCCCCS(=O)(=O)C(F)F. The average Bonchev–Trinajstić information content (AvgIpc) is 1.98. The summed E-state index contributed by atoms with van der Waals surface area (Å²) < 4.78 is 44.5. The van der Waals surface area contributed by atoms with Gasteiger partial charge in [-0.3, -0.25) is 0 Å². The van der Waals surface area contributed by atoms with E-state index in [2.05, 4.69) is 6.92 Å². The molecule has 0 atom stereocenters. The number of rotatable bonds is 6. The summed E-state index contributed by atoms with van der Waals surface area (Å²) >= 11 is 0. The minimum Gasteiger partial charge on any atom is -0.223 e. The lowest BCUT2D eigenvalue weighted by molar-refractivity contribution is 0.234. The van der Waals surface area contributed by atoms with Crippen LogP contribution in [0.5, 0.6) is 0 Å². The zero-order chi connectivity index (χ0) is 9.61. The van der Waals surface area contributed by atoms with Gasteiger partial charge in [0.05, 0.1) is 5.75 Å². The molecule has 0 aromatic rings. The van der Waals surface area contributed by atoms with Crippen molar-refractivity contribution >= 4 is 9.84 Å². The van der Waals surface area contributed by atoms with Crippen LogP contribution in [0, 0.1) is 6.92 Å². The fraction of sp³-hybridized carbons (Fsp3) is 0.857. The van der Waals surface area contributed by atoms with Crippen LogP contribution >= 0.6 is 0 Å². The molecule has 0 heterocycles. The van der Waals surface area contributed by atoms with Crippen LogP contribution in [0.15, 0.2) is 0 Å². The third-order valence-corrected chi connectivity index (χ3v) is 2.85. The van der Waals surface area contributed by atoms with E-state index in [0.29, 0.717) is 19.3 Å².